The fraction of sp³-hybridized carbons (Fsp3) is 0.719. The zero-order chi connectivity index (χ0) is 33.0. The number of Topliss-reactive ketones (excluding diaryl/α,β-unsaturated/α-hetero) is 1. The minimum atomic E-state index is -0.768. The van der Waals surface area contributed by atoms with E-state index in [9.17, 15) is 24.0 Å². The number of terminal acetylenes is 1. The standard InChI is InChI=1S/C15H27N3O2.C8H9NO3.C4H9N.C3H8.C2H6/c1-11-7-6-10-18(11)13(19)12(17-14(16)20)15(2)8-4-3-5-9-15;1-2-3-4-7(9-6-11)8(12)5-10;1-3-4-5-2;1-3-2;1-2/h11-12H,3-10H2,1-2H3,(H3,16,17,20);1,5-7H,3-4H2,(H,9,11);3,5H,1,4H2,2H3;3H2,1-2H3;1-2H3. The SMILES string of the molecule is C#CCCC(NC=O)C(=O)C=O.C=CCNC.CC.CC1CCCN1C(=O)C(NC(N)=O)C1(C)CCCCC1.CCC. The van der Waals surface area contributed by atoms with Crippen LogP contribution in [0.2, 0.25) is 0 Å². The zero-order valence-corrected chi connectivity index (χ0v) is 27.3. The molecule has 0 aromatic carbocycles. The van der Waals surface area contributed by atoms with Crippen LogP contribution in [-0.4, -0.2) is 73.6 Å². The molecule has 2 rings (SSSR count). The van der Waals surface area contributed by atoms with Crippen LogP contribution >= 0.6 is 0 Å². The number of nitrogens with two attached hydrogens (primary N) is 1. The van der Waals surface area contributed by atoms with Crippen molar-refractivity contribution in [1.29, 1.82) is 0 Å². The number of rotatable bonds is 11. The zero-order valence-electron chi connectivity index (χ0n) is 27.3. The molecule has 10 heteroatoms. The second-order valence-electron chi connectivity index (χ2n) is 10.3. The summed E-state index contributed by atoms with van der Waals surface area (Å²) in [6.45, 7) is 17.6. The molecule has 0 spiro atoms. The Morgan fingerprint density at radius 3 is 2.07 bits per heavy atom. The molecule has 1 saturated heterocycles. The molecule has 0 aromatic rings. The third kappa shape index (κ3) is 19.0. The maximum Gasteiger partial charge on any atom is 0.312 e. The minimum Gasteiger partial charge on any atom is -0.352 e. The number of carbonyl (C=O) groups excluding carboxylic acids is 5. The molecular formula is C32H59N5O5. The molecular weight excluding hydrogens is 534 g/mol. The van der Waals surface area contributed by atoms with E-state index >= 15 is 0 Å². The van der Waals surface area contributed by atoms with Crippen molar-refractivity contribution in [3.8, 4) is 12.3 Å². The van der Waals surface area contributed by atoms with Crippen LogP contribution in [0.25, 0.3) is 0 Å². The summed E-state index contributed by atoms with van der Waals surface area (Å²) in [6, 6.07) is -1.56. The van der Waals surface area contributed by atoms with Gasteiger partial charge >= 0.3 is 6.03 Å². The van der Waals surface area contributed by atoms with Crippen LogP contribution in [0.3, 0.4) is 0 Å². The predicted octanol–water partition coefficient (Wildman–Crippen LogP) is 4.12. The number of hydrogen-bond donors (Lipinski definition) is 4. The lowest BCUT2D eigenvalue weighted by Crippen LogP contribution is -2.58. The number of amides is 4. The summed E-state index contributed by atoms with van der Waals surface area (Å²) in [5, 5.41) is 7.85. The number of urea groups is 1. The second kappa shape index (κ2) is 28.0. The first-order valence-electron chi connectivity index (χ1n) is 15.3. The molecule has 3 atom stereocenters. The van der Waals surface area contributed by atoms with E-state index in [-0.39, 0.29) is 23.7 Å². The van der Waals surface area contributed by atoms with Crippen molar-refractivity contribution >= 4 is 30.4 Å². The van der Waals surface area contributed by atoms with E-state index in [1.165, 1.54) is 12.8 Å². The Hall–Kier alpha value is -3.19. The molecule has 2 aliphatic rings. The van der Waals surface area contributed by atoms with Crippen LogP contribution in [0.1, 0.15) is 106 Å². The smallest absolute Gasteiger partial charge is 0.312 e. The van der Waals surface area contributed by atoms with E-state index in [4.69, 9.17) is 12.2 Å². The first-order valence-corrected chi connectivity index (χ1v) is 15.3. The lowest BCUT2D eigenvalue weighted by Gasteiger charge is -2.41. The number of carbonyl (C=O) groups is 5. The van der Waals surface area contributed by atoms with E-state index in [0.717, 1.165) is 51.6 Å². The summed E-state index contributed by atoms with van der Waals surface area (Å²) in [5.74, 6) is 1.71. The Balaban J connectivity index is -0.000000587. The van der Waals surface area contributed by atoms with Crippen molar-refractivity contribution in [2.24, 2.45) is 11.1 Å². The fourth-order valence-corrected chi connectivity index (χ4v) is 4.59. The van der Waals surface area contributed by atoms with Gasteiger partial charge in [-0.3, -0.25) is 19.2 Å². The van der Waals surface area contributed by atoms with Crippen molar-refractivity contribution in [3.63, 3.8) is 0 Å². The number of aldehydes is 1. The highest BCUT2D eigenvalue weighted by molar-refractivity contribution is 6.27. The molecule has 1 heterocycles. The summed E-state index contributed by atoms with van der Waals surface area (Å²) in [6.07, 6.45) is 16.7. The van der Waals surface area contributed by atoms with Gasteiger partial charge in [0.15, 0.2) is 6.29 Å². The molecule has 0 radical (unpaired) electrons. The normalized spacial score (nSPS) is 17.5. The number of hydrogen-bond acceptors (Lipinski definition) is 6. The van der Waals surface area contributed by atoms with E-state index in [1.54, 1.807) is 0 Å². The van der Waals surface area contributed by atoms with Gasteiger partial charge in [-0.2, -0.15) is 0 Å². The Morgan fingerprint density at radius 2 is 1.71 bits per heavy atom. The molecule has 242 valence electrons. The fourth-order valence-electron chi connectivity index (χ4n) is 4.59. The van der Waals surface area contributed by atoms with Crippen molar-refractivity contribution in [2.75, 3.05) is 20.1 Å². The highest BCUT2D eigenvalue weighted by atomic mass is 16.2. The van der Waals surface area contributed by atoms with Gasteiger partial charge in [0, 0.05) is 25.6 Å². The molecule has 1 aliphatic heterocycles. The third-order valence-electron chi connectivity index (χ3n) is 6.72. The number of nitrogens with zero attached hydrogens (tertiary/aromatic N) is 1. The molecule has 4 amide bonds. The molecule has 1 saturated carbocycles. The largest absolute Gasteiger partial charge is 0.352 e. The third-order valence-corrected chi connectivity index (χ3v) is 6.72. The lowest BCUT2D eigenvalue weighted by molar-refractivity contribution is -0.137. The van der Waals surface area contributed by atoms with E-state index in [2.05, 4.69) is 56.1 Å². The first kappa shape index (κ1) is 43.3. The topological polar surface area (TPSA) is 151 Å². The minimum absolute atomic E-state index is 0.0539. The molecule has 10 nitrogen and oxygen atoms in total. The Kier molecular flexibility index (Phi) is 28.8. The molecule has 0 aromatic heterocycles. The van der Waals surface area contributed by atoms with Crippen molar-refractivity contribution < 1.29 is 24.0 Å². The molecule has 3 unspecified atom stereocenters. The summed E-state index contributed by atoms with van der Waals surface area (Å²) < 4.78 is 0. The van der Waals surface area contributed by atoms with E-state index in [0.29, 0.717) is 19.3 Å². The summed E-state index contributed by atoms with van der Waals surface area (Å²) in [4.78, 5) is 56.8. The monoisotopic (exact) mass is 593 g/mol. The molecule has 42 heavy (non-hydrogen) atoms. The van der Waals surface area contributed by atoms with Gasteiger partial charge < -0.3 is 26.6 Å². The Morgan fingerprint density at radius 1 is 1.14 bits per heavy atom. The second-order valence-corrected chi connectivity index (χ2v) is 10.3. The number of ketones is 1. The molecule has 1 aliphatic carbocycles. The van der Waals surface area contributed by atoms with E-state index in [1.807, 2.05) is 31.9 Å². The first-order chi connectivity index (χ1) is 20.0. The molecule has 0 bridgehead atoms. The number of primary amides is 1. The van der Waals surface area contributed by atoms with Crippen LogP contribution in [0.4, 0.5) is 4.79 Å². The predicted molar refractivity (Wildman–Crippen MR) is 172 cm³/mol. The van der Waals surface area contributed by atoms with Gasteiger partial charge in [-0.15, -0.1) is 18.9 Å². The lowest BCUT2D eigenvalue weighted by atomic mass is 9.70. The Labute approximate surface area is 255 Å². The van der Waals surface area contributed by atoms with Crippen LogP contribution in [0.15, 0.2) is 12.7 Å². The highest BCUT2D eigenvalue weighted by Crippen LogP contribution is 2.40. The number of likely N-dealkylation sites (N-methyl/N-ethyl adjacent to an activating group) is 1. The van der Waals surface area contributed by atoms with Gasteiger partial charge in [-0.05, 0) is 51.5 Å². The van der Waals surface area contributed by atoms with Gasteiger partial charge in [0.25, 0.3) is 0 Å². The van der Waals surface area contributed by atoms with Gasteiger partial charge in [0.1, 0.15) is 6.04 Å². The Bertz CT molecular complexity index is 806. The average molecular weight is 594 g/mol. The van der Waals surface area contributed by atoms with Crippen LogP contribution in [0.5, 0.6) is 0 Å². The van der Waals surface area contributed by atoms with Crippen molar-refractivity contribution in [1.82, 2.24) is 20.9 Å². The maximum absolute atomic E-state index is 12.9. The average Bonchev–Trinajstić information content (AvgIpc) is 3.42. The van der Waals surface area contributed by atoms with Crippen LogP contribution < -0.4 is 21.7 Å². The molecule has 5 N–H and O–H groups in total. The summed E-state index contributed by atoms with van der Waals surface area (Å²) in [5.41, 5.74) is 5.15. The summed E-state index contributed by atoms with van der Waals surface area (Å²) in [7, 11) is 1.89. The van der Waals surface area contributed by atoms with Crippen molar-refractivity contribution in [2.45, 2.75) is 124 Å². The van der Waals surface area contributed by atoms with Crippen LogP contribution in [0, 0.1) is 17.8 Å². The quantitative estimate of drug-likeness (QED) is 0.122. The van der Waals surface area contributed by atoms with Crippen LogP contribution in [-0.2, 0) is 19.2 Å². The molecule has 2 fully saturated rings. The number of nitrogens with one attached hydrogen (secondary N) is 3. The van der Waals surface area contributed by atoms with Gasteiger partial charge in [0.05, 0.1) is 6.04 Å². The van der Waals surface area contributed by atoms with Crippen molar-refractivity contribution in [3.05, 3.63) is 12.7 Å². The van der Waals surface area contributed by atoms with Gasteiger partial charge in [-0.25, -0.2) is 4.79 Å². The highest BCUT2D eigenvalue weighted by Gasteiger charge is 2.43. The van der Waals surface area contributed by atoms with Gasteiger partial charge in [0.2, 0.25) is 18.1 Å². The number of likely N-dealkylation sites (tertiary alicyclic amines) is 1. The van der Waals surface area contributed by atoms with E-state index < -0.39 is 23.9 Å². The summed E-state index contributed by atoms with van der Waals surface area (Å²) >= 11 is 0. The maximum atomic E-state index is 12.9. The van der Waals surface area contributed by atoms with Gasteiger partial charge in [-0.1, -0.05) is 66.4 Å².